The number of carbonyl (C=O) groups is 3. The summed E-state index contributed by atoms with van der Waals surface area (Å²) in [5, 5.41) is 3.06. The van der Waals surface area contributed by atoms with E-state index in [2.05, 4.69) is 10.2 Å². The third-order valence-electron chi connectivity index (χ3n) is 5.88. The van der Waals surface area contributed by atoms with Crippen LogP contribution in [0.3, 0.4) is 0 Å². The predicted molar refractivity (Wildman–Crippen MR) is 120 cm³/mol. The Morgan fingerprint density at radius 2 is 1.59 bits per heavy atom. The number of allylic oxidation sites excluding steroid dienone is 2. The van der Waals surface area contributed by atoms with Crippen molar-refractivity contribution in [3.05, 3.63) is 76.6 Å². The molecule has 3 N–H and O–H groups in total. The highest BCUT2D eigenvalue weighted by Crippen LogP contribution is 2.22. The van der Waals surface area contributed by atoms with Crippen LogP contribution < -0.4 is 15.8 Å². The van der Waals surface area contributed by atoms with Crippen LogP contribution in [0.1, 0.15) is 31.1 Å². The van der Waals surface area contributed by atoms with Crippen LogP contribution in [-0.4, -0.2) is 73.7 Å². The van der Waals surface area contributed by atoms with E-state index in [0.717, 1.165) is 18.8 Å². The number of amides is 1. The fourth-order valence-electron chi connectivity index (χ4n) is 4.00. The minimum atomic E-state index is -0.326. The van der Waals surface area contributed by atoms with Gasteiger partial charge in [0, 0.05) is 56.0 Å². The standard InChI is InChI=1S/C24H26N4O4/c1-32-17-8-6-16(7-9-17)24(31)28-14-12-27(13-15-28)11-10-26-21-20(25)22(29)18-4-2-3-5-19(18)23(21)30/h2-9,26H,10-15,25H2,1H3. The van der Waals surface area contributed by atoms with Gasteiger partial charge in [-0.25, -0.2) is 0 Å². The summed E-state index contributed by atoms with van der Waals surface area (Å²) in [7, 11) is 1.59. The number of rotatable bonds is 6. The highest BCUT2D eigenvalue weighted by Gasteiger charge is 2.30. The first-order valence-electron chi connectivity index (χ1n) is 10.6. The van der Waals surface area contributed by atoms with E-state index in [-0.39, 0.29) is 28.9 Å². The Morgan fingerprint density at radius 3 is 2.22 bits per heavy atom. The lowest BCUT2D eigenvalue weighted by Gasteiger charge is -2.35. The summed E-state index contributed by atoms with van der Waals surface area (Å²) in [6.07, 6.45) is 0. The van der Waals surface area contributed by atoms with E-state index in [1.165, 1.54) is 0 Å². The SMILES string of the molecule is COc1ccc(C(=O)N2CCN(CCNC3=C(N)C(=O)c4ccccc4C3=O)CC2)cc1. The normalized spacial score (nSPS) is 16.7. The molecular weight excluding hydrogens is 408 g/mol. The van der Waals surface area contributed by atoms with Gasteiger partial charge in [-0.3, -0.25) is 19.3 Å². The van der Waals surface area contributed by atoms with Crippen LogP contribution in [0.5, 0.6) is 5.75 Å². The third kappa shape index (κ3) is 4.22. The number of carbonyl (C=O) groups excluding carboxylic acids is 3. The summed E-state index contributed by atoms with van der Waals surface area (Å²) >= 11 is 0. The summed E-state index contributed by atoms with van der Waals surface area (Å²) in [5.74, 6) is 0.144. The fraction of sp³-hybridized carbons (Fsp3) is 0.292. The van der Waals surface area contributed by atoms with Gasteiger partial charge >= 0.3 is 0 Å². The van der Waals surface area contributed by atoms with Gasteiger partial charge in [-0.05, 0) is 24.3 Å². The minimum absolute atomic E-state index is 0.00772. The Balaban J connectivity index is 1.28. The van der Waals surface area contributed by atoms with Crippen molar-refractivity contribution in [3.8, 4) is 5.75 Å². The van der Waals surface area contributed by atoms with Crippen molar-refractivity contribution in [1.29, 1.82) is 0 Å². The molecule has 1 saturated heterocycles. The monoisotopic (exact) mass is 434 g/mol. The van der Waals surface area contributed by atoms with Gasteiger partial charge < -0.3 is 20.7 Å². The summed E-state index contributed by atoms with van der Waals surface area (Å²) in [6.45, 7) is 3.86. The number of fused-ring (bicyclic) bond motifs is 1. The van der Waals surface area contributed by atoms with Crippen LogP contribution in [0.2, 0.25) is 0 Å². The molecule has 2 aromatic carbocycles. The van der Waals surface area contributed by atoms with Crippen LogP contribution in [0.4, 0.5) is 0 Å². The van der Waals surface area contributed by atoms with Gasteiger partial charge in [0.2, 0.25) is 11.6 Å². The van der Waals surface area contributed by atoms with Gasteiger partial charge in [-0.15, -0.1) is 0 Å². The van der Waals surface area contributed by atoms with Crippen LogP contribution in [0.25, 0.3) is 0 Å². The number of nitrogens with one attached hydrogen (secondary N) is 1. The van der Waals surface area contributed by atoms with E-state index < -0.39 is 0 Å². The molecule has 1 aliphatic carbocycles. The molecule has 2 aromatic rings. The molecule has 4 rings (SSSR count). The second kappa shape index (κ2) is 9.23. The first kappa shape index (κ1) is 21.6. The first-order valence-corrected chi connectivity index (χ1v) is 10.6. The third-order valence-corrected chi connectivity index (χ3v) is 5.88. The fourth-order valence-corrected chi connectivity index (χ4v) is 4.00. The van der Waals surface area contributed by atoms with E-state index >= 15 is 0 Å². The molecule has 32 heavy (non-hydrogen) atoms. The number of hydrogen-bond acceptors (Lipinski definition) is 7. The van der Waals surface area contributed by atoms with Crippen molar-refractivity contribution in [3.63, 3.8) is 0 Å². The van der Waals surface area contributed by atoms with Crippen molar-refractivity contribution in [2.45, 2.75) is 0 Å². The van der Waals surface area contributed by atoms with E-state index in [1.807, 2.05) is 4.90 Å². The Hall–Kier alpha value is -3.65. The number of methoxy groups -OCH3 is 1. The van der Waals surface area contributed by atoms with Crippen molar-refractivity contribution in [2.75, 3.05) is 46.4 Å². The average molecular weight is 434 g/mol. The lowest BCUT2D eigenvalue weighted by molar-refractivity contribution is 0.0638. The molecule has 0 bridgehead atoms. The quantitative estimate of drug-likeness (QED) is 0.706. The van der Waals surface area contributed by atoms with Crippen LogP contribution in [-0.2, 0) is 0 Å². The smallest absolute Gasteiger partial charge is 0.253 e. The Bertz CT molecular complexity index is 1070. The minimum Gasteiger partial charge on any atom is -0.497 e. The molecule has 8 heteroatoms. The maximum atomic E-state index is 12.7. The number of benzene rings is 2. The maximum Gasteiger partial charge on any atom is 0.253 e. The molecule has 166 valence electrons. The lowest BCUT2D eigenvalue weighted by atomic mass is 9.90. The number of piperazine rings is 1. The highest BCUT2D eigenvalue weighted by molar-refractivity contribution is 6.26. The number of Topliss-reactive ketones (excluding diaryl/α,β-unsaturated/α-hetero) is 2. The molecule has 0 atom stereocenters. The molecule has 0 unspecified atom stereocenters. The molecular formula is C24H26N4O4. The van der Waals surface area contributed by atoms with Gasteiger partial charge in [0.15, 0.2) is 0 Å². The van der Waals surface area contributed by atoms with Crippen LogP contribution in [0, 0.1) is 0 Å². The molecule has 1 aliphatic heterocycles. The Morgan fingerprint density at radius 1 is 0.969 bits per heavy atom. The van der Waals surface area contributed by atoms with Crippen molar-refractivity contribution in [2.24, 2.45) is 5.73 Å². The summed E-state index contributed by atoms with van der Waals surface area (Å²) in [4.78, 5) is 41.9. The second-order valence-corrected chi connectivity index (χ2v) is 7.78. The van der Waals surface area contributed by atoms with Gasteiger partial charge in [0.1, 0.15) is 17.1 Å². The van der Waals surface area contributed by atoms with Crippen molar-refractivity contribution in [1.82, 2.24) is 15.1 Å². The van der Waals surface area contributed by atoms with E-state index in [9.17, 15) is 14.4 Å². The van der Waals surface area contributed by atoms with Gasteiger partial charge in [-0.1, -0.05) is 24.3 Å². The zero-order chi connectivity index (χ0) is 22.7. The predicted octanol–water partition coefficient (Wildman–Crippen LogP) is 1.29. The summed E-state index contributed by atoms with van der Waals surface area (Å²) < 4.78 is 5.14. The zero-order valence-electron chi connectivity index (χ0n) is 18.0. The molecule has 1 heterocycles. The topological polar surface area (TPSA) is 105 Å². The largest absolute Gasteiger partial charge is 0.497 e. The lowest BCUT2D eigenvalue weighted by Crippen LogP contribution is -2.50. The summed E-state index contributed by atoms with van der Waals surface area (Å²) in [6, 6.07) is 13.8. The maximum absolute atomic E-state index is 12.7. The molecule has 1 amide bonds. The van der Waals surface area contributed by atoms with E-state index in [1.54, 1.807) is 55.6 Å². The molecule has 0 spiro atoms. The van der Waals surface area contributed by atoms with Crippen LogP contribution >= 0.6 is 0 Å². The van der Waals surface area contributed by atoms with Crippen LogP contribution in [0.15, 0.2) is 59.9 Å². The zero-order valence-corrected chi connectivity index (χ0v) is 18.0. The van der Waals surface area contributed by atoms with Crippen molar-refractivity contribution < 1.29 is 19.1 Å². The number of nitrogens with two attached hydrogens (primary N) is 1. The summed E-state index contributed by atoms with van der Waals surface area (Å²) in [5.41, 5.74) is 7.45. The average Bonchev–Trinajstić information content (AvgIpc) is 2.84. The molecule has 1 fully saturated rings. The molecule has 0 radical (unpaired) electrons. The van der Waals surface area contributed by atoms with Gasteiger partial charge in [-0.2, -0.15) is 0 Å². The number of ketones is 2. The number of nitrogens with zero attached hydrogens (tertiary/aromatic N) is 2. The second-order valence-electron chi connectivity index (χ2n) is 7.78. The first-order chi connectivity index (χ1) is 15.5. The van der Waals surface area contributed by atoms with Crippen molar-refractivity contribution >= 4 is 17.5 Å². The highest BCUT2D eigenvalue weighted by atomic mass is 16.5. The molecule has 0 saturated carbocycles. The molecule has 8 nitrogen and oxygen atoms in total. The molecule has 2 aliphatic rings. The van der Waals surface area contributed by atoms with Gasteiger partial charge in [0.05, 0.1) is 7.11 Å². The van der Waals surface area contributed by atoms with E-state index in [4.69, 9.17) is 10.5 Å². The number of hydrogen-bond donors (Lipinski definition) is 2. The molecule has 0 aromatic heterocycles. The van der Waals surface area contributed by atoms with E-state index in [0.29, 0.717) is 42.9 Å². The number of ether oxygens (including phenoxy) is 1. The Labute approximate surface area is 186 Å². The van der Waals surface area contributed by atoms with Gasteiger partial charge in [0.25, 0.3) is 5.91 Å². The Kier molecular flexibility index (Phi) is 6.23.